The predicted molar refractivity (Wildman–Crippen MR) is 159 cm³/mol. The Hall–Kier alpha value is -4.79. The van der Waals surface area contributed by atoms with Crippen molar-refractivity contribution in [2.75, 3.05) is 12.0 Å². The lowest BCUT2D eigenvalue weighted by molar-refractivity contribution is -0.141. The second-order valence-corrected chi connectivity index (χ2v) is 12.2. The van der Waals surface area contributed by atoms with E-state index < -0.39 is 58.4 Å². The standard InChI is InChI=1S/C35H32FN3O5/c1-3-38-31(41)23-17-16-22-25(28(23)33(38)43)18-26-32(42)39(37-21-14-12-19(2)13-15-21)34(44)35(26,20-8-5-4-6-9-20)29(22)24-10-7-11-27(36)30(24)40/h4-16,23,25-26,28-29,37,40H,3,17-18H2,1-2H3/t23-,25+,26-,28-,29+,35+/m0/s1. The minimum atomic E-state index is -1.56. The second kappa shape index (κ2) is 10.1. The summed E-state index contributed by atoms with van der Waals surface area (Å²) in [5, 5.41) is 12.2. The van der Waals surface area contributed by atoms with E-state index in [1.807, 2.05) is 31.2 Å². The number of anilines is 1. The van der Waals surface area contributed by atoms with Crippen LogP contribution in [0.4, 0.5) is 10.1 Å². The number of para-hydroxylation sites is 1. The highest BCUT2D eigenvalue weighted by molar-refractivity contribution is 6.13. The van der Waals surface area contributed by atoms with Crippen LogP contribution in [-0.2, 0) is 24.6 Å². The number of hydrazine groups is 1. The summed E-state index contributed by atoms with van der Waals surface area (Å²) in [6.07, 6.45) is 2.30. The van der Waals surface area contributed by atoms with Gasteiger partial charge >= 0.3 is 0 Å². The molecular weight excluding hydrogens is 561 g/mol. The first kappa shape index (κ1) is 28.0. The molecule has 0 aromatic heterocycles. The minimum absolute atomic E-state index is 0.141. The first-order valence-corrected chi connectivity index (χ1v) is 15.0. The molecule has 2 heterocycles. The fraction of sp³-hybridized carbons (Fsp3) is 0.314. The summed E-state index contributed by atoms with van der Waals surface area (Å²) in [7, 11) is 0. The number of phenolic OH excluding ortho intramolecular Hbond substituents is 1. The first-order valence-electron chi connectivity index (χ1n) is 15.0. The number of fused-ring (bicyclic) bond motifs is 4. The number of aryl methyl sites for hydroxylation is 1. The zero-order valence-corrected chi connectivity index (χ0v) is 24.4. The third-order valence-electron chi connectivity index (χ3n) is 10.1. The Labute approximate surface area is 254 Å². The van der Waals surface area contributed by atoms with Gasteiger partial charge in [-0.25, -0.2) is 4.39 Å². The molecule has 3 aromatic carbocycles. The van der Waals surface area contributed by atoms with Gasteiger partial charge in [-0.1, -0.05) is 71.8 Å². The van der Waals surface area contributed by atoms with Crippen LogP contribution < -0.4 is 5.43 Å². The van der Waals surface area contributed by atoms with Gasteiger partial charge in [-0.05, 0) is 56.4 Å². The highest BCUT2D eigenvalue weighted by atomic mass is 19.1. The normalized spacial score (nSPS) is 29.3. The van der Waals surface area contributed by atoms with Gasteiger partial charge in [-0.15, -0.1) is 0 Å². The van der Waals surface area contributed by atoms with Crippen molar-refractivity contribution in [1.29, 1.82) is 0 Å². The molecule has 2 aliphatic carbocycles. The molecule has 2 saturated heterocycles. The smallest absolute Gasteiger partial charge is 0.260 e. The van der Waals surface area contributed by atoms with Crippen molar-refractivity contribution in [3.05, 3.63) is 107 Å². The van der Waals surface area contributed by atoms with E-state index in [0.717, 1.165) is 16.6 Å². The molecule has 4 amide bonds. The summed E-state index contributed by atoms with van der Waals surface area (Å²) in [6.45, 7) is 3.93. The number of hydrogen-bond acceptors (Lipinski definition) is 6. The molecule has 0 spiro atoms. The molecule has 2 N–H and O–H groups in total. The lowest BCUT2D eigenvalue weighted by Gasteiger charge is -2.50. The number of allylic oxidation sites excluding steroid dienone is 2. The van der Waals surface area contributed by atoms with Crippen LogP contribution in [0.3, 0.4) is 0 Å². The lowest BCUT2D eigenvalue weighted by atomic mass is 9.49. The number of likely N-dealkylation sites (tertiary alicyclic amines) is 1. The maximum Gasteiger partial charge on any atom is 0.260 e. The van der Waals surface area contributed by atoms with E-state index in [9.17, 15) is 24.3 Å². The summed E-state index contributed by atoms with van der Waals surface area (Å²) >= 11 is 0. The van der Waals surface area contributed by atoms with Crippen LogP contribution in [0.25, 0.3) is 0 Å². The lowest BCUT2D eigenvalue weighted by Crippen LogP contribution is -2.53. The van der Waals surface area contributed by atoms with Crippen LogP contribution in [-0.4, -0.2) is 45.2 Å². The fourth-order valence-electron chi connectivity index (χ4n) is 8.23. The van der Waals surface area contributed by atoms with Crippen LogP contribution in [0.1, 0.15) is 42.4 Å². The summed E-state index contributed by atoms with van der Waals surface area (Å²) in [4.78, 5) is 57.7. The molecule has 0 bridgehead atoms. The van der Waals surface area contributed by atoms with Gasteiger partial charge < -0.3 is 5.11 Å². The van der Waals surface area contributed by atoms with Crippen molar-refractivity contribution in [2.24, 2.45) is 23.7 Å². The molecule has 44 heavy (non-hydrogen) atoms. The number of nitrogens with one attached hydrogen (secondary N) is 1. The Balaban J connectivity index is 1.47. The maximum atomic E-state index is 15.1. The Morgan fingerprint density at radius 1 is 0.909 bits per heavy atom. The van der Waals surface area contributed by atoms with Gasteiger partial charge in [0.2, 0.25) is 11.8 Å². The third kappa shape index (κ3) is 3.74. The van der Waals surface area contributed by atoms with Crippen LogP contribution in [0.5, 0.6) is 5.75 Å². The number of nitrogens with zero attached hydrogens (tertiary/aromatic N) is 2. The van der Waals surface area contributed by atoms with Gasteiger partial charge in [0.25, 0.3) is 11.8 Å². The molecule has 2 aliphatic heterocycles. The Morgan fingerprint density at radius 2 is 1.64 bits per heavy atom. The Morgan fingerprint density at radius 3 is 2.34 bits per heavy atom. The summed E-state index contributed by atoms with van der Waals surface area (Å²) in [5.74, 6) is -6.80. The topological polar surface area (TPSA) is 107 Å². The number of phenols is 1. The van der Waals surface area contributed by atoms with Gasteiger partial charge in [-0.2, -0.15) is 5.01 Å². The van der Waals surface area contributed by atoms with Gasteiger partial charge in [0.1, 0.15) is 0 Å². The van der Waals surface area contributed by atoms with E-state index in [1.54, 1.807) is 49.4 Å². The number of imide groups is 2. The van der Waals surface area contributed by atoms with Gasteiger partial charge in [0.15, 0.2) is 11.6 Å². The van der Waals surface area contributed by atoms with E-state index in [0.29, 0.717) is 16.8 Å². The summed E-state index contributed by atoms with van der Waals surface area (Å²) in [6, 6.07) is 20.4. The number of halogens is 1. The van der Waals surface area contributed by atoms with E-state index in [-0.39, 0.29) is 36.8 Å². The molecule has 7 rings (SSSR count). The maximum absolute atomic E-state index is 15.1. The quantitative estimate of drug-likeness (QED) is 0.324. The monoisotopic (exact) mass is 593 g/mol. The van der Waals surface area contributed by atoms with Crippen molar-refractivity contribution >= 4 is 29.3 Å². The minimum Gasteiger partial charge on any atom is -0.505 e. The first-order chi connectivity index (χ1) is 21.2. The van der Waals surface area contributed by atoms with Crippen LogP contribution in [0, 0.1) is 36.4 Å². The van der Waals surface area contributed by atoms with E-state index in [4.69, 9.17) is 0 Å². The average molecular weight is 594 g/mol. The van der Waals surface area contributed by atoms with Crippen LogP contribution in [0.2, 0.25) is 0 Å². The Bertz CT molecular complexity index is 1740. The SMILES string of the molecule is CCN1C(=O)[C@H]2[C@H](CC=C3[C@H]2C[C@H]2C(=O)N(Nc4ccc(C)cc4)C(=O)[C@@]2(c2ccccc2)[C@H]3c2cccc(F)c2O)C1=O. The zero-order chi connectivity index (χ0) is 30.9. The summed E-state index contributed by atoms with van der Waals surface area (Å²) < 4.78 is 15.1. The third-order valence-corrected chi connectivity index (χ3v) is 10.1. The molecule has 0 unspecified atom stereocenters. The summed E-state index contributed by atoms with van der Waals surface area (Å²) in [5.41, 5.74) is 4.39. The van der Waals surface area contributed by atoms with Crippen LogP contribution >= 0.6 is 0 Å². The highest BCUT2D eigenvalue weighted by Crippen LogP contribution is 2.64. The highest BCUT2D eigenvalue weighted by Gasteiger charge is 2.70. The number of carbonyl (C=O) groups is 4. The number of carbonyl (C=O) groups excluding carboxylic acids is 4. The largest absolute Gasteiger partial charge is 0.505 e. The van der Waals surface area contributed by atoms with Gasteiger partial charge in [0, 0.05) is 18.0 Å². The van der Waals surface area contributed by atoms with Crippen molar-refractivity contribution in [3.63, 3.8) is 0 Å². The molecule has 4 aliphatic rings. The molecule has 0 radical (unpaired) electrons. The molecule has 3 fully saturated rings. The molecule has 8 nitrogen and oxygen atoms in total. The van der Waals surface area contributed by atoms with E-state index in [1.165, 1.54) is 11.0 Å². The molecule has 1 saturated carbocycles. The molecule has 224 valence electrons. The van der Waals surface area contributed by atoms with Crippen molar-refractivity contribution in [1.82, 2.24) is 9.91 Å². The van der Waals surface area contributed by atoms with Crippen molar-refractivity contribution in [3.8, 4) is 5.75 Å². The number of hydrogen-bond donors (Lipinski definition) is 2. The van der Waals surface area contributed by atoms with Gasteiger partial charge in [0.05, 0.1) is 28.9 Å². The molecular formula is C35H32FN3O5. The predicted octanol–water partition coefficient (Wildman–Crippen LogP) is 4.84. The van der Waals surface area contributed by atoms with Crippen molar-refractivity contribution in [2.45, 2.75) is 38.0 Å². The van der Waals surface area contributed by atoms with Gasteiger partial charge in [-0.3, -0.25) is 29.5 Å². The Kier molecular flexibility index (Phi) is 6.46. The van der Waals surface area contributed by atoms with E-state index >= 15 is 4.39 Å². The van der Waals surface area contributed by atoms with E-state index in [2.05, 4.69) is 5.43 Å². The molecule has 6 atom stereocenters. The number of benzene rings is 3. The molecule has 3 aromatic rings. The number of amides is 4. The molecule has 9 heteroatoms. The average Bonchev–Trinajstić information content (AvgIpc) is 3.40. The second-order valence-electron chi connectivity index (χ2n) is 12.2. The van der Waals surface area contributed by atoms with Crippen LogP contribution in [0.15, 0.2) is 84.4 Å². The van der Waals surface area contributed by atoms with Crippen molar-refractivity contribution < 1.29 is 28.7 Å². The fourth-order valence-corrected chi connectivity index (χ4v) is 8.23. The number of rotatable bonds is 5. The zero-order valence-electron chi connectivity index (χ0n) is 24.4. The number of aromatic hydroxyl groups is 1.